The summed E-state index contributed by atoms with van der Waals surface area (Å²) in [7, 11) is 1.60. The quantitative estimate of drug-likeness (QED) is 0.434. The second-order valence-electron chi connectivity index (χ2n) is 6.31. The molecule has 3 rings (SSSR count). The van der Waals surface area contributed by atoms with Crippen molar-refractivity contribution in [3.63, 3.8) is 0 Å². The molecule has 0 bridgehead atoms. The molecule has 0 aliphatic carbocycles. The van der Waals surface area contributed by atoms with E-state index in [2.05, 4.69) is 0 Å². The average molecular weight is 402 g/mol. The molecule has 0 N–H and O–H groups in total. The van der Waals surface area contributed by atoms with Crippen molar-refractivity contribution in [2.75, 3.05) is 38.2 Å². The highest BCUT2D eigenvalue weighted by molar-refractivity contribution is 6.30. The molecule has 2 aromatic rings. The van der Waals surface area contributed by atoms with E-state index in [0.29, 0.717) is 36.9 Å². The van der Waals surface area contributed by atoms with E-state index >= 15 is 0 Å². The van der Waals surface area contributed by atoms with Gasteiger partial charge in [0.2, 0.25) is 5.91 Å². The number of hydrogen-bond donors (Lipinski definition) is 0. The molecule has 0 atom stereocenters. The molecule has 1 aliphatic rings. The van der Waals surface area contributed by atoms with Gasteiger partial charge in [0.15, 0.2) is 0 Å². The van der Waals surface area contributed by atoms with Crippen LogP contribution >= 0.6 is 11.6 Å². The van der Waals surface area contributed by atoms with Crippen molar-refractivity contribution in [3.05, 3.63) is 69.2 Å². The van der Waals surface area contributed by atoms with E-state index in [1.54, 1.807) is 30.2 Å². The minimum absolute atomic E-state index is 0.0230. The van der Waals surface area contributed by atoms with E-state index in [4.69, 9.17) is 16.3 Å². The van der Waals surface area contributed by atoms with Crippen molar-refractivity contribution in [2.24, 2.45) is 0 Å². The van der Waals surface area contributed by atoms with Crippen LogP contribution in [-0.2, 0) is 4.79 Å². The smallest absolute Gasteiger partial charge is 0.294 e. The van der Waals surface area contributed by atoms with Crippen LogP contribution in [0.15, 0.2) is 48.5 Å². The van der Waals surface area contributed by atoms with Gasteiger partial charge < -0.3 is 14.5 Å². The Balaban J connectivity index is 1.63. The topological polar surface area (TPSA) is 75.9 Å². The maximum atomic E-state index is 12.5. The summed E-state index contributed by atoms with van der Waals surface area (Å²) in [4.78, 5) is 26.9. The summed E-state index contributed by atoms with van der Waals surface area (Å²) in [6, 6.07) is 12.1. The van der Waals surface area contributed by atoms with Crippen LogP contribution in [0.1, 0.15) is 5.56 Å². The van der Waals surface area contributed by atoms with E-state index in [9.17, 15) is 14.9 Å². The molecule has 0 unspecified atom stereocenters. The predicted molar refractivity (Wildman–Crippen MR) is 109 cm³/mol. The molecule has 1 saturated heterocycles. The van der Waals surface area contributed by atoms with Gasteiger partial charge in [-0.2, -0.15) is 0 Å². The largest absolute Gasteiger partial charge is 0.497 e. The number of carbonyl (C=O) groups is 1. The van der Waals surface area contributed by atoms with E-state index < -0.39 is 4.92 Å². The van der Waals surface area contributed by atoms with Crippen molar-refractivity contribution < 1.29 is 14.5 Å². The summed E-state index contributed by atoms with van der Waals surface area (Å²) in [6.45, 7) is 2.00. The minimum Gasteiger partial charge on any atom is -0.497 e. The Kier molecular flexibility index (Phi) is 6.16. The first kappa shape index (κ1) is 19.7. The number of carbonyl (C=O) groups excluding carboxylic acids is 1. The van der Waals surface area contributed by atoms with Crippen LogP contribution in [0, 0.1) is 10.1 Å². The highest BCUT2D eigenvalue weighted by Gasteiger charge is 2.25. The van der Waals surface area contributed by atoms with Gasteiger partial charge in [-0.15, -0.1) is 0 Å². The Bertz CT molecular complexity index is 908. The number of hydrogen-bond acceptors (Lipinski definition) is 5. The van der Waals surface area contributed by atoms with E-state index in [1.165, 1.54) is 12.1 Å². The predicted octanol–water partition coefficient (Wildman–Crippen LogP) is 3.62. The zero-order valence-electron chi connectivity index (χ0n) is 15.4. The SMILES string of the molecule is COc1cccc(/C=C\C(=O)N2CCN(c3ccc(Cl)cc3[N+](=O)[O-])CC2)c1. The fourth-order valence-corrected chi connectivity index (χ4v) is 3.26. The number of methoxy groups -OCH3 is 1. The Morgan fingerprint density at radius 3 is 2.61 bits per heavy atom. The lowest BCUT2D eigenvalue weighted by atomic mass is 10.2. The summed E-state index contributed by atoms with van der Waals surface area (Å²) >= 11 is 5.88. The van der Waals surface area contributed by atoms with E-state index in [-0.39, 0.29) is 11.6 Å². The number of nitro groups is 1. The van der Waals surface area contributed by atoms with Gasteiger partial charge in [0.05, 0.1) is 12.0 Å². The molecule has 146 valence electrons. The third-order valence-corrected chi connectivity index (χ3v) is 4.81. The van der Waals surface area contributed by atoms with Crippen molar-refractivity contribution in [1.29, 1.82) is 0 Å². The van der Waals surface area contributed by atoms with Crippen molar-refractivity contribution in [3.8, 4) is 5.75 Å². The minimum atomic E-state index is -0.435. The number of piperazine rings is 1. The average Bonchev–Trinajstić information content (AvgIpc) is 2.72. The molecule has 0 aromatic heterocycles. The van der Waals surface area contributed by atoms with Crippen molar-refractivity contribution >= 4 is 35.0 Å². The maximum Gasteiger partial charge on any atom is 0.294 e. The number of benzene rings is 2. The third-order valence-electron chi connectivity index (χ3n) is 4.58. The Labute approximate surface area is 167 Å². The highest BCUT2D eigenvalue weighted by atomic mass is 35.5. The zero-order chi connectivity index (χ0) is 20.1. The summed E-state index contributed by atoms with van der Waals surface area (Å²) in [6.07, 6.45) is 3.29. The van der Waals surface area contributed by atoms with Crippen LogP contribution in [0.4, 0.5) is 11.4 Å². The fourth-order valence-electron chi connectivity index (χ4n) is 3.10. The van der Waals surface area contributed by atoms with Gasteiger partial charge in [0, 0.05) is 43.3 Å². The van der Waals surface area contributed by atoms with Crippen molar-refractivity contribution in [2.45, 2.75) is 0 Å². The Morgan fingerprint density at radius 2 is 1.93 bits per heavy atom. The number of nitrogens with zero attached hydrogens (tertiary/aromatic N) is 3. The van der Waals surface area contributed by atoms with Gasteiger partial charge in [-0.25, -0.2) is 0 Å². The van der Waals surface area contributed by atoms with Crippen LogP contribution in [0.3, 0.4) is 0 Å². The normalized spacial score (nSPS) is 14.4. The number of amides is 1. The number of halogens is 1. The number of anilines is 1. The van der Waals surface area contributed by atoms with Crippen LogP contribution < -0.4 is 9.64 Å². The van der Waals surface area contributed by atoms with Gasteiger partial charge in [-0.1, -0.05) is 23.7 Å². The molecule has 7 nitrogen and oxygen atoms in total. The molecule has 1 fully saturated rings. The molecule has 2 aromatic carbocycles. The van der Waals surface area contributed by atoms with Gasteiger partial charge in [-0.3, -0.25) is 14.9 Å². The summed E-state index contributed by atoms with van der Waals surface area (Å²) in [5.41, 5.74) is 1.38. The lowest BCUT2D eigenvalue weighted by Gasteiger charge is -2.35. The van der Waals surface area contributed by atoms with Gasteiger partial charge in [0.1, 0.15) is 11.4 Å². The zero-order valence-corrected chi connectivity index (χ0v) is 16.1. The lowest BCUT2D eigenvalue weighted by Crippen LogP contribution is -2.48. The molecule has 8 heteroatoms. The van der Waals surface area contributed by atoms with Gasteiger partial charge in [-0.05, 0) is 35.9 Å². The lowest BCUT2D eigenvalue weighted by molar-refractivity contribution is -0.384. The first-order chi connectivity index (χ1) is 13.5. The second kappa shape index (κ2) is 8.75. The number of nitro benzene ring substituents is 1. The Morgan fingerprint density at radius 1 is 1.18 bits per heavy atom. The van der Waals surface area contributed by atoms with Gasteiger partial charge >= 0.3 is 0 Å². The van der Waals surface area contributed by atoms with Crippen LogP contribution in [0.25, 0.3) is 6.08 Å². The van der Waals surface area contributed by atoms with Crippen LogP contribution in [0.2, 0.25) is 5.02 Å². The monoisotopic (exact) mass is 401 g/mol. The van der Waals surface area contributed by atoms with Gasteiger partial charge in [0.25, 0.3) is 5.69 Å². The Hall–Kier alpha value is -3.06. The molecular weight excluding hydrogens is 382 g/mol. The summed E-state index contributed by atoms with van der Waals surface area (Å²) in [5, 5.41) is 11.6. The first-order valence-corrected chi connectivity index (χ1v) is 9.15. The molecule has 1 aliphatic heterocycles. The molecular formula is C20H20ClN3O4. The highest BCUT2D eigenvalue weighted by Crippen LogP contribution is 2.31. The maximum absolute atomic E-state index is 12.5. The molecule has 1 amide bonds. The number of ether oxygens (including phenoxy) is 1. The molecule has 1 heterocycles. The fraction of sp³-hybridized carbons (Fsp3) is 0.250. The second-order valence-corrected chi connectivity index (χ2v) is 6.75. The number of rotatable bonds is 5. The summed E-state index contributed by atoms with van der Waals surface area (Å²) < 4.78 is 5.17. The summed E-state index contributed by atoms with van der Waals surface area (Å²) in [5.74, 6) is 0.640. The van der Waals surface area contributed by atoms with Crippen LogP contribution in [-0.4, -0.2) is 49.0 Å². The first-order valence-electron chi connectivity index (χ1n) is 8.78. The molecule has 0 saturated carbocycles. The molecule has 28 heavy (non-hydrogen) atoms. The molecule has 0 radical (unpaired) electrons. The van der Waals surface area contributed by atoms with Crippen LogP contribution in [0.5, 0.6) is 5.75 Å². The van der Waals surface area contributed by atoms with E-state index in [1.807, 2.05) is 29.2 Å². The van der Waals surface area contributed by atoms with Crippen molar-refractivity contribution in [1.82, 2.24) is 4.90 Å². The molecule has 0 spiro atoms. The third kappa shape index (κ3) is 4.61. The van der Waals surface area contributed by atoms with E-state index in [0.717, 1.165) is 11.3 Å². The standard InChI is InChI=1S/C20H20ClN3O4/c1-28-17-4-2-3-15(13-17)5-8-20(25)23-11-9-22(10-12-23)18-7-6-16(21)14-19(18)24(26)27/h2-8,13-14H,9-12H2,1H3/b8-5-.